The van der Waals surface area contributed by atoms with E-state index in [1.54, 1.807) is 0 Å². The summed E-state index contributed by atoms with van der Waals surface area (Å²) in [7, 11) is 0. The number of aromatic amines is 2. The maximum absolute atomic E-state index is 13.1. The molecule has 0 bridgehead atoms. The Kier molecular flexibility index (Phi) is 6.84. The van der Waals surface area contributed by atoms with Crippen molar-refractivity contribution in [1.82, 2.24) is 14.5 Å². The summed E-state index contributed by atoms with van der Waals surface area (Å²) < 4.78 is 51.9. The number of carbonyl (C=O) groups is 3. The second-order valence-corrected chi connectivity index (χ2v) is 4.84. The summed E-state index contributed by atoms with van der Waals surface area (Å²) in [5.74, 6) is -15.5. The fraction of sp³-hybridized carbons (Fsp3) is 0.143. The Hall–Kier alpha value is -4.17. The number of aromatic nitrogens is 3. The summed E-state index contributed by atoms with van der Waals surface area (Å²) in [4.78, 5) is 72.3. The second-order valence-electron chi connectivity index (χ2n) is 4.84. The minimum absolute atomic E-state index is 0.0851. The summed E-state index contributed by atoms with van der Waals surface area (Å²) in [5, 5.41) is 0. The fourth-order valence-corrected chi connectivity index (χ4v) is 1.54. The van der Waals surface area contributed by atoms with Gasteiger partial charge in [-0.1, -0.05) is 19.7 Å². The third-order valence-corrected chi connectivity index (χ3v) is 2.69. The van der Waals surface area contributed by atoms with Crippen molar-refractivity contribution in [3.05, 3.63) is 68.7 Å². The predicted molar refractivity (Wildman–Crippen MR) is 83.7 cm³/mol. The van der Waals surface area contributed by atoms with Crippen LogP contribution in [-0.2, 0) is 35.1 Å². The smallest absolute Gasteiger partial charge is 0.381 e. The SMILES string of the molecule is C=C(F)C(=O)OC(Cn1c(=O)[nH]c(=O)[nH]c1=O)(OC(=O)C(=C)F)OC(=O)C(=C)F. The van der Waals surface area contributed by atoms with E-state index < -0.39 is 65.0 Å². The van der Waals surface area contributed by atoms with E-state index in [9.17, 15) is 41.9 Å². The molecular weight excluding hydrogens is 411 g/mol. The summed E-state index contributed by atoms with van der Waals surface area (Å²) >= 11 is 0. The first-order valence-corrected chi connectivity index (χ1v) is 6.94. The van der Waals surface area contributed by atoms with Crippen LogP contribution in [-0.4, -0.2) is 38.4 Å². The first-order valence-electron chi connectivity index (χ1n) is 6.94. The number of esters is 3. The van der Waals surface area contributed by atoms with Gasteiger partial charge in [0.25, 0.3) is 0 Å². The summed E-state index contributed by atoms with van der Waals surface area (Å²) in [5.41, 5.74) is -4.37. The minimum Gasteiger partial charge on any atom is -0.381 e. The predicted octanol–water partition coefficient (Wildman–Crippen LogP) is -1.04. The Bertz CT molecular complexity index is 978. The fourth-order valence-electron chi connectivity index (χ4n) is 1.54. The van der Waals surface area contributed by atoms with E-state index >= 15 is 0 Å². The summed E-state index contributed by atoms with van der Waals surface area (Å²) in [6.07, 6.45) is 0. The van der Waals surface area contributed by atoms with Gasteiger partial charge in [-0.3, -0.25) is 9.97 Å². The van der Waals surface area contributed by atoms with Crippen LogP contribution in [0.2, 0.25) is 0 Å². The molecule has 0 atom stereocenters. The molecular formula is C14H10F3N3O9. The topological polar surface area (TPSA) is 167 Å². The van der Waals surface area contributed by atoms with Gasteiger partial charge in [0.15, 0.2) is 6.54 Å². The van der Waals surface area contributed by atoms with Gasteiger partial charge in [0, 0.05) is 0 Å². The Labute approximate surface area is 156 Å². The molecule has 0 radical (unpaired) electrons. The molecule has 1 aromatic heterocycles. The highest BCUT2D eigenvalue weighted by Gasteiger charge is 2.47. The van der Waals surface area contributed by atoms with Crippen LogP contribution >= 0.6 is 0 Å². The van der Waals surface area contributed by atoms with Crippen molar-refractivity contribution in [2.45, 2.75) is 12.5 Å². The molecule has 12 nitrogen and oxygen atoms in total. The highest BCUT2D eigenvalue weighted by Crippen LogP contribution is 2.23. The molecule has 15 heteroatoms. The van der Waals surface area contributed by atoms with Gasteiger partial charge in [-0.2, -0.15) is 13.2 Å². The lowest BCUT2D eigenvalue weighted by atomic mass is 10.4. The third kappa shape index (κ3) is 5.91. The standard InChI is InChI=1S/C14H10F3N3O9/c1-5(15)8(21)27-14(28-9(22)6(2)16,29-10(23)7(3)17)4-20-12(25)18-11(24)19-13(20)26/h1-4H2,(H2,18,19,24,25,26). The van der Waals surface area contributed by atoms with Gasteiger partial charge >= 0.3 is 41.0 Å². The molecule has 0 aliphatic carbocycles. The maximum atomic E-state index is 13.1. The first-order chi connectivity index (χ1) is 13.3. The molecule has 1 aromatic rings. The van der Waals surface area contributed by atoms with Crippen molar-refractivity contribution in [3.63, 3.8) is 0 Å². The summed E-state index contributed by atoms with van der Waals surface area (Å²) in [6.45, 7) is 5.98. The minimum atomic E-state index is -3.64. The monoisotopic (exact) mass is 421 g/mol. The van der Waals surface area contributed by atoms with Crippen LogP contribution in [0.4, 0.5) is 13.2 Å². The van der Waals surface area contributed by atoms with E-state index in [4.69, 9.17) is 0 Å². The van der Waals surface area contributed by atoms with Gasteiger partial charge in [0.1, 0.15) is 0 Å². The Morgan fingerprint density at radius 1 is 0.793 bits per heavy atom. The lowest BCUT2D eigenvalue weighted by molar-refractivity contribution is -0.333. The van der Waals surface area contributed by atoms with E-state index in [0.29, 0.717) is 0 Å². The van der Waals surface area contributed by atoms with Crippen LogP contribution < -0.4 is 17.1 Å². The Morgan fingerprint density at radius 3 is 1.38 bits per heavy atom. The zero-order chi connectivity index (χ0) is 22.5. The Morgan fingerprint density at radius 2 is 1.10 bits per heavy atom. The van der Waals surface area contributed by atoms with Crippen LogP contribution in [0.25, 0.3) is 0 Å². The maximum Gasteiger partial charge on any atom is 0.443 e. The van der Waals surface area contributed by atoms with E-state index in [0.717, 1.165) is 0 Å². The van der Waals surface area contributed by atoms with Gasteiger partial charge < -0.3 is 14.2 Å². The molecule has 0 aliphatic rings. The van der Waals surface area contributed by atoms with E-state index in [2.05, 4.69) is 33.9 Å². The molecule has 29 heavy (non-hydrogen) atoms. The lowest BCUT2D eigenvalue weighted by Gasteiger charge is -2.30. The number of hydrogen-bond donors (Lipinski definition) is 2. The zero-order valence-corrected chi connectivity index (χ0v) is 14.1. The molecule has 0 aromatic carbocycles. The van der Waals surface area contributed by atoms with E-state index in [1.165, 1.54) is 9.97 Å². The van der Waals surface area contributed by atoms with E-state index in [-0.39, 0.29) is 4.57 Å². The van der Waals surface area contributed by atoms with Crippen LogP contribution in [0.3, 0.4) is 0 Å². The van der Waals surface area contributed by atoms with E-state index in [1.807, 2.05) is 0 Å². The number of nitrogens with zero attached hydrogens (tertiary/aromatic N) is 1. The molecule has 1 heterocycles. The van der Waals surface area contributed by atoms with Crippen molar-refractivity contribution in [3.8, 4) is 0 Å². The Balaban J connectivity index is 3.66. The van der Waals surface area contributed by atoms with Gasteiger partial charge in [-0.05, 0) is 0 Å². The van der Waals surface area contributed by atoms with Crippen molar-refractivity contribution in [2.24, 2.45) is 0 Å². The van der Waals surface area contributed by atoms with Crippen molar-refractivity contribution in [2.75, 3.05) is 0 Å². The number of hydrogen-bond acceptors (Lipinski definition) is 9. The van der Waals surface area contributed by atoms with Crippen molar-refractivity contribution < 1.29 is 41.8 Å². The molecule has 0 aliphatic heterocycles. The molecule has 0 saturated heterocycles. The molecule has 2 N–H and O–H groups in total. The van der Waals surface area contributed by atoms with Gasteiger partial charge in [-0.25, -0.2) is 33.3 Å². The highest BCUT2D eigenvalue weighted by molar-refractivity contribution is 5.88. The zero-order valence-electron chi connectivity index (χ0n) is 14.1. The van der Waals surface area contributed by atoms with Gasteiger partial charge in [-0.15, -0.1) is 0 Å². The number of nitrogens with one attached hydrogen (secondary N) is 2. The van der Waals surface area contributed by atoms with Crippen LogP contribution in [0.5, 0.6) is 0 Å². The molecule has 0 amide bonds. The normalized spacial score (nSPS) is 10.6. The molecule has 1 rings (SSSR count). The molecule has 0 spiro atoms. The molecule has 156 valence electrons. The van der Waals surface area contributed by atoms with Gasteiger partial charge in [0.2, 0.25) is 17.5 Å². The number of ether oxygens (including phenoxy) is 3. The number of rotatable bonds is 8. The average molecular weight is 421 g/mol. The molecule has 0 saturated carbocycles. The second kappa shape index (κ2) is 8.68. The first kappa shape index (κ1) is 22.9. The third-order valence-electron chi connectivity index (χ3n) is 2.69. The average Bonchev–Trinajstić information content (AvgIpc) is 2.57. The van der Waals surface area contributed by atoms with Crippen LogP contribution in [0.15, 0.2) is 51.6 Å². The summed E-state index contributed by atoms with van der Waals surface area (Å²) in [6, 6.07) is 0. The van der Waals surface area contributed by atoms with Crippen LogP contribution in [0.1, 0.15) is 0 Å². The van der Waals surface area contributed by atoms with Crippen LogP contribution in [0, 0.1) is 0 Å². The van der Waals surface area contributed by atoms with Crippen molar-refractivity contribution >= 4 is 17.9 Å². The quantitative estimate of drug-likeness (QED) is 0.303. The molecule has 0 fully saturated rings. The number of carbonyl (C=O) groups excluding carboxylic acids is 3. The largest absolute Gasteiger partial charge is 0.443 e. The molecule has 0 unspecified atom stereocenters. The highest BCUT2D eigenvalue weighted by atomic mass is 19.1. The number of H-pyrrole nitrogens is 2. The van der Waals surface area contributed by atoms with Crippen molar-refractivity contribution in [1.29, 1.82) is 0 Å². The lowest BCUT2D eigenvalue weighted by Crippen LogP contribution is -2.54. The van der Waals surface area contributed by atoms with Gasteiger partial charge in [0.05, 0.1) is 0 Å². The number of halogens is 3.